The molecule has 0 fully saturated rings. The van der Waals surface area contributed by atoms with Gasteiger partial charge >= 0.3 is 0 Å². The highest BCUT2D eigenvalue weighted by molar-refractivity contribution is 6.29. The van der Waals surface area contributed by atoms with Crippen molar-refractivity contribution in [3.63, 3.8) is 0 Å². The van der Waals surface area contributed by atoms with Crippen LogP contribution < -0.4 is 10.1 Å². The van der Waals surface area contributed by atoms with Crippen molar-refractivity contribution >= 4 is 17.4 Å². The predicted octanol–water partition coefficient (Wildman–Crippen LogP) is 2.35. The van der Waals surface area contributed by atoms with Gasteiger partial charge in [-0.1, -0.05) is 18.2 Å². The average Bonchev–Trinajstić information content (AvgIpc) is 2.19. The van der Waals surface area contributed by atoms with Gasteiger partial charge in [0.25, 0.3) is 0 Å². The summed E-state index contributed by atoms with van der Waals surface area (Å²) in [6.07, 6.45) is 1.46. The minimum atomic E-state index is 0.477. The lowest BCUT2D eigenvalue weighted by Crippen LogP contribution is -2.07. The topological polar surface area (TPSA) is 47.0 Å². The van der Waals surface area contributed by atoms with Gasteiger partial charge in [-0.3, -0.25) is 0 Å². The Balaban J connectivity index is 2.79. The molecule has 0 unspecified atom stereocenters. The Labute approximate surface area is 94.3 Å². The molecule has 15 heavy (non-hydrogen) atoms. The van der Waals surface area contributed by atoms with E-state index in [0.29, 0.717) is 24.1 Å². The fraction of sp³-hybridized carbons (Fsp3) is 0.400. The molecule has 0 saturated carbocycles. The van der Waals surface area contributed by atoms with Crippen molar-refractivity contribution in [2.45, 2.75) is 13.8 Å². The zero-order valence-electron chi connectivity index (χ0n) is 8.88. The second-order valence-electron chi connectivity index (χ2n) is 2.96. The number of anilines is 1. The van der Waals surface area contributed by atoms with Crippen molar-refractivity contribution in [3.05, 3.63) is 23.5 Å². The van der Waals surface area contributed by atoms with Gasteiger partial charge in [-0.25, -0.2) is 9.97 Å². The summed E-state index contributed by atoms with van der Waals surface area (Å²) in [7, 11) is 0. The number of ether oxygens (including phenoxy) is 1. The molecule has 5 heteroatoms. The Morgan fingerprint density at radius 1 is 1.60 bits per heavy atom. The maximum Gasteiger partial charge on any atom is 0.221 e. The third-order valence-corrected chi connectivity index (χ3v) is 1.90. The number of nitrogens with one attached hydrogen (secondary N) is 1. The van der Waals surface area contributed by atoms with Crippen LogP contribution in [0.25, 0.3) is 0 Å². The summed E-state index contributed by atoms with van der Waals surface area (Å²) in [4.78, 5) is 8.12. The van der Waals surface area contributed by atoms with Gasteiger partial charge in [-0.05, 0) is 13.8 Å². The van der Waals surface area contributed by atoms with Gasteiger partial charge in [-0.2, -0.15) is 0 Å². The van der Waals surface area contributed by atoms with E-state index in [0.717, 1.165) is 11.4 Å². The predicted molar refractivity (Wildman–Crippen MR) is 61.4 cm³/mol. The van der Waals surface area contributed by atoms with Crippen LogP contribution in [0.15, 0.2) is 17.9 Å². The molecule has 1 rings (SSSR count). The van der Waals surface area contributed by atoms with E-state index >= 15 is 0 Å². The zero-order chi connectivity index (χ0) is 11.3. The summed E-state index contributed by atoms with van der Waals surface area (Å²) >= 11 is 5.65. The third kappa shape index (κ3) is 3.40. The summed E-state index contributed by atoms with van der Waals surface area (Å²) in [6.45, 7) is 8.45. The van der Waals surface area contributed by atoms with Crippen LogP contribution in [0.4, 0.5) is 5.82 Å². The van der Waals surface area contributed by atoms with Crippen molar-refractivity contribution in [1.82, 2.24) is 9.97 Å². The lowest BCUT2D eigenvalue weighted by molar-refractivity contribution is 0.324. The first kappa shape index (κ1) is 11.8. The third-order valence-electron chi connectivity index (χ3n) is 1.77. The first-order chi connectivity index (χ1) is 7.15. The highest BCUT2D eigenvalue weighted by Gasteiger charge is 2.06. The van der Waals surface area contributed by atoms with E-state index in [1.54, 1.807) is 0 Å². The van der Waals surface area contributed by atoms with Gasteiger partial charge < -0.3 is 10.1 Å². The highest BCUT2D eigenvalue weighted by Crippen LogP contribution is 2.20. The smallest absolute Gasteiger partial charge is 0.221 e. The molecule has 4 nitrogen and oxygen atoms in total. The van der Waals surface area contributed by atoms with E-state index < -0.39 is 0 Å². The number of hydrogen-bond donors (Lipinski definition) is 1. The van der Waals surface area contributed by atoms with E-state index in [2.05, 4.69) is 21.9 Å². The van der Waals surface area contributed by atoms with Crippen LogP contribution in [0.2, 0.25) is 0 Å². The zero-order valence-corrected chi connectivity index (χ0v) is 9.64. The Bertz CT molecular complexity index is 355. The van der Waals surface area contributed by atoms with Gasteiger partial charge in [0, 0.05) is 5.03 Å². The highest BCUT2D eigenvalue weighted by atomic mass is 35.5. The van der Waals surface area contributed by atoms with E-state index in [9.17, 15) is 0 Å². The second-order valence-corrected chi connectivity index (χ2v) is 3.49. The number of nitrogens with zero attached hydrogens (tertiary/aromatic N) is 2. The first-order valence-corrected chi connectivity index (χ1v) is 5.04. The lowest BCUT2D eigenvalue weighted by Gasteiger charge is -2.10. The van der Waals surface area contributed by atoms with Gasteiger partial charge in [0.05, 0.1) is 18.7 Å². The summed E-state index contributed by atoms with van der Waals surface area (Å²) in [5.74, 6) is 1.31. The normalized spacial score (nSPS) is 9.80. The van der Waals surface area contributed by atoms with Crippen molar-refractivity contribution in [3.8, 4) is 5.88 Å². The van der Waals surface area contributed by atoms with Gasteiger partial charge in [0.2, 0.25) is 5.88 Å². The van der Waals surface area contributed by atoms with Crippen molar-refractivity contribution in [1.29, 1.82) is 0 Å². The van der Waals surface area contributed by atoms with Crippen molar-refractivity contribution < 1.29 is 4.74 Å². The molecule has 0 bridgehead atoms. The lowest BCUT2D eigenvalue weighted by atomic mass is 10.3. The van der Waals surface area contributed by atoms with Crippen LogP contribution in [-0.4, -0.2) is 23.1 Å². The van der Waals surface area contributed by atoms with Gasteiger partial charge in [-0.15, -0.1) is 0 Å². The first-order valence-electron chi connectivity index (χ1n) is 4.66. The summed E-state index contributed by atoms with van der Waals surface area (Å²) in [6, 6.07) is 0. The average molecular weight is 228 g/mol. The molecule has 0 aliphatic carbocycles. The fourth-order valence-corrected chi connectivity index (χ4v) is 1.14. The van der Waals surface area contributed by atoms with E-state index in [1.807, 2.05) is 13.8 Å². The van der Waals surface area contributed by atoms with Crippen molar-refractivity contribution in [2.75, 3.05) is 18.5 Å². The second kappa shape index (κ2) is 5.56. The van der Waals surface area contributed by atoms with Crippen LogP contribution in [0, 0.1) is 6.92 Å². The summed E-state index contributed by atoms with van der Waals surface area (Å²) < 4.78 is 5.34. The maximum absolute atomic E-state index is 5.65. The number of aromatic nitrogens is 2. The molecule has 0 atom stereocenters. The Morgan fingerprint density at radius 2 is 2.33 bits per heavy atom. The Morgan fingerprint density at radius 3 is 2.93 bits per heavy atom. The van der Waals surface area contributed by atoms with Crippen LogP contribution in [0.1, 0.15) is 12.5 Å². The molecule has 1 aromatic heterocycles. The van der Waals surface area contributed by atoms with E-state index in [1.165, 1.54) is 6.33 Å². The molecular weight excluding hydrogens is 214 g/mol. The molecule has 1 N–H and O–H groups in total. The molecule has 0 amide bonds. The van der Waals surface area contributed by atoms with Gasteiger partial charge in [0.1, 0.15) is 12.1 Å². The number of hydrogen-bond acceptors (Lipinski definition) is 4. The Kier molecular flexibility index (Phi) is 4.37. The van der Waals surface area contributed by atoms with Gasteiger partial charge in [0.15, 0.2) is 0 Å². The molecule has 1 heterocycles. The molecule has 0 radical (unpaired) electrons. The largest absolute Gasteiger partial charge is 0.478 e. The molecule has 0 aliphatic rings. The van der Waals surface area contributed by atoms with Crippen LogP contribution in [0.3, 0.4) is 0 Å². The van der Waals surface area contributed by atoms with Crippen molar-refractivity contribution in [2.24, 2.45) is 0 Å². The standard InChI is InChI=1S/C10H14ClN3O/c1-4-15-10-8(3)9(13-6-14-10)12-5-7(2)11/h6H,2,4-5H2,1,3H3,(H,12,13,14). The van der Waals surface area contributed by atoms with Crippen LogP contribution >= 0.6 is 11.6 Å². The minimum absolute atomic E-state index is 0.477. The quantitative estimate of drug-likeness (QED) is 0.839. The molecule has 0 saturated heterocycles. The van der Waals surface area contributed by atoms with E-state index in [-0.39, 0.29) is 0 Å². The molecular formula is C10H14ClN3O. The van der Waals surface area contributed by atoms with Crippen LogP contribution in [0.5, 0.6) is 5.88 Å². The Hall–Kier alpha value is -1.29. The number of rotatable bonds is 5. The summed E-state index contributed by atoms with van der Waals surface area (Å²) in [5.41, 5.74) is 0.872. The SMILES string of the molecule is C=C(Cl)CNc1ncnc(OCC)c1C. The molecule has 0 spiro atoms. The maximum atomic E-state index is 5.65. The monoisotopic (exact) mass is 227 g/mol. The fourth-order valence-electron chi connectivity index (χ4n) is 1.07. The molecule has 0 aliphatic heterocycles. The molecule has 82 valence electrons. The van der Waals surface area contributed by atoms with E-state index in [4.69, 9.17) is 16.3 Å². The molecule has 1 aromatic rings. The van der Waals surface area contributed by atoms with Crippen LogP contribution in [-0.2, 0) is 0 Å². The minimum Gasteiger partial charge on any atom is -0.478 e. The summed E-state index contributed by atoms with van der Waals surface area (Å²) in [5, 5.41) is 3.58. The number of halogens is 1. The molecule has 0 aromatic carbocycles.